The summed E-state index contributed by atoms with van der Waals surface area (Å²) in [6.45, 7) is 4.41. The van der Waals surface area contributed by atoms with Crippen molar-refractivity contribution in [3.05, 3.63) is 132 Å². The van der Waals surface area contributed by atoms with Crippen molar-refractivity contribution in [1.29, 1.82) is 0 Å². The van der Waals surface area contributed by atoms with Gasteiger partial charge in [0, 0.05) is 38.1 Å². The lowest BCUT2D eigenvalue weighted by Crippen LogP contribution is -2.26. The second kappa shape index (κ2) is 12.1. The predicted octanol–water partition coefficient (Wildman–Crippen LogP) is 8.79. The fourth-order valence-electron chi connectivity index (χ4n) is 8.46. The van der Waals surface area contributed by atoms with E-state index in [-0.39, 0.29) is 49.0 Å². The van der Waals surface area contributed by atoms with Crippen molar-refractivity contribution in [2.75, 3.05) is 0 Å². The third-order valence-corrected chi connectivity index (χ3v) is 11.3. The van der Waals surface area contributed by atoms with Crippen molar-refractivity contribution in [3.8, 4) is 90.1 Å². The lowest BCUT2D eigenvalue weighted by Gasteiger charge is -2.24. The van der Waals surface area contributed by atoms with Crippen molar-refractivity contribution in [2.24, 2.45) is 0 Å². The number of hydrogen-bond acceptors (Lipinski definition) is 6. The lowest BCUT2D eigenvalue weighted by atomic mass is 9.74. The molecule has 0 saturated heterocycles. The summed E-state index contributed by atoms with van der Waals surface area (Å²) in [5, 5.41) is 68.9. The summed E-state index contributed by atoms with van der Waals surface area (Å²) in [5.41, 5.74) is 8.64. The van der Waals surface area contributed by atoms with Crippen LogP contribution < -0.4 is 10.9 Å². The van der Waals surface area contributed by atoms with Crippen LogP contribution in [0.1, 0.15) is 25.0 Å². The van der Waals surface area contributed by atoms with Crippen molar-refractivity contribution >= 4 is 48.2 Å². The highest BCUT2D eigenvalue weighted by atomic mass is 16.3. The zero-order valence-electron chi connectivity index (χ0n) is 29.9. The van der Waals surface area contributed by atoms with E-state index in [1.165, 1.54) is 16.7 Å². The first-order valence-electron chi connectivity index (χ1n) is 17.8. The molecule has 4 radical (unpaired) electrons. The van der Waals surface area contributed by atoms with E-state index in [1.54, 1.807) is 18.2 Å². The van der Waals surface area contributed by atoms with Crippen molar-refractivity contribution in [2.45, 2.75) is 19.3 Å². The molecule has 8 heteroatoms. The minimum atomic E-state index is -0.959. The van der Waals surface area contributed by atoms with Gasteiger partial charge >= 0.3 is 0 Å². The summed E-state index contributed by atoms with van der Waals surface area (Å²) in [4.78, 5) is 0. The van der Waals surface area contributed by atoms with Gasteiger partial charge in [-0.3, -0.25) is 0 Å². The van der Waals surface area contributed by atoms with Crippen LogP contribution >= 0.6 is 0 Å². The van der Waals surface area contributed by atoms with Gasteiger partial charge in [-0.15, -0.1) is 0 Å². The summed E-state index contributed by atoms with van der Waals surface area (Å²) in [6, 6.07) is 39.0. The largest absolute Gasteiger partial charge is 0.508 e. The summed E-state index contributed by atoms with van der Waals surface area (Å²) in [5.74, 6) is -4.36. The van der Waals surface area contributed by atoms with Gasteiger partial charge in [0.25, 0.3) is 0 Å². The first-order chi connectivity index (χ1) is 26.4. The monoisotopic (exact) mass is 714 g/mol. The fourth-order valence-corrected chi connectivity index (χ4v) is 8.46. The molecule has 6 N–H and O–H groups in total. The topological polar surface area (TPSA) is 121 Å². The van der Waals surface area contributed by atoms with E-state index in [4.69, 9.17) is 15.7 Å². The van der Waals surface area contributed by atoms with Crippen LogP contribution in [0.5, 0.6) is 34.5 Å². The van der Waals surface area contributed by atoms with Crippen molar-refractivity contribution in [3.63, 3.8) is 0 Å². The van der Waals surface area contributed by atoms with Gasteiger partial charge in [0.1, 0.15) is 27.2 Å². The van der Waals surface area contributed by atoms with E-state index in [0.29, 0.717) is 11.1 Å². The van der Waals surface area contributed by atoms with Crippen LogP contribution in [0.2, 0.25) is 0 Å². The van der Waals surface area contributed by atoms with E-state index >= 15 is 0 Å². The maximum Gasteiger partial charge on any atom is 0.204 e. The van der Waals surface area contributed by atoms with Gasteiger partial charge in [0.15, 0.2) is 11.5 Å². The number of fused-ring (bicyclic) bond motifs is 5. The average molecular weight is 714 g/mol. The molecule has 55 heavy (non-hydrogen) atoms. The third-order valence-electron chi connectivity index (χ3n) is 11.3. The molecule has 0 amide bonds. The van der Waals surface area contributed by atoms with Gasteiger partial charge in [0.2, 0.25) is 11.5 Å². The van der Waals surface area contributed by atoms with Crippen LogP contribution in [0.4, 0.5) is 0 Å². The summed E-state index contributed by atoms with van der Waals surface area (Å²) in [7, 11) is 12.6. The normalized spacial score (nSPS) is 12.9. The molecule has 0 unspecified atom stereocenters. The average Bonchev–Trinajstić information content (AvgIpc) is 3.45. The van der Waals surface area contributed by atoms with Crippen LogP contribution in [0.15, 0.2) is 121 Å². The highest BCUT2D eigenvalue weighted by molar-refractivity contribution is 6.53. The van der Waals surface area contributed by atoms with Crippen LogP contribution in [0, 0.1) is 0 Å². The Kier molecular flexibility index (Phi) is 7.49. The zero-order chi connectivity index (χ0) is 38.5. The molecule has 6 nitrogen and oxygen atoms in total. The Balaban J connectivity index is 1.35. The van der Waals surface area contributed by atoms with Gasteiger partial charge in [-0.1, -0.05) is 134 Å². The highest BCUT2D eigenvalue weighted by Gasteiger charge is 2.35. The standard InChI is InChI=1S/C47H32B2O6/c1-47(2)31-14-7-6-13-29(31)30-20-19-27(22-32(30)47)26-11-8-12-28(21-26)34-36-35(41(50)39(48)40(49)42(36)51)33(37-38(34)44(53)46(55)45(54)43(37)52)25-17-15-24(16-18-25)23-9-4-3-5-10-23/h3-22,50-55H,1-2H3. The van der Waals surface area contributed by atoms with Crippen LogP contribution in [-0.4, -0.2) is 46.3 Å². The maximum absolute atomic E-state index is 11.9. The molecule has 8 aromatic rings. The fraction of sp³-hybridized carbons (Fsp3) is 0.0638. The second-order valence-corrected chi connectivity index (χ2v) is 14.6. The molecule has 0 atom stereocenters. The summed E-state index contributed by atoms with van der Waals surface area (Å²) in [6.07, 6.45) is 0. The molecule has 1 aliphatic carbocycles. The molecule has 0 aliphatic heterocycles. The second-order valence-electron chi connectivity index (χ2n) is 14.6. The smallest absolute Gasteiger partial charge is 0.204 e. The number of aromatic hydroxyl groups is 6. The number of hydrogen-bond donors (Lipinski definition) is 6. The molecular formula is C47H32B2O6. The Morgan fingerprint density at radius 3 is 1.44 bits per heavy atom. The van der Waals surface area contributed by atoms with E-state index in [1.807, 2.05) is 72.8 Å². The first-order valence-corrected chi connectivity index (χ1v) is 17.8. The van der Waals surface area contributed by atoms with Crippen LogP contribution in [-0.2, 0) is 5.41 Å². The molecule has 0 fully saturated rings. The SMILES string of the molecule is [B]c1c([B])c(O)c2c(-c3cccc(-c4ccc5c(c4)C(C)(C)c4ccccc4-5)c3)c3c(O)c(O)c(O)c(O)c3c(-c3ccc(-c4ccccc4)cc3)c2c1O. The Labute approximate surface area is 319 Å². The molecule has 0 aromatic heterocycles. The Hall–Kier alpha value is -6.79. The predicted molar refractivity (Wildman–Crippen MR) is 222 cm³/mol. The van der Waals surface area contributed by atoms with Gasteiger partial charge in [-0.2, -0.15) is 0 Å². The van der Waals surface area contributed by atoms with E-state index < -0.39 is 34.5 Å². The third kappa shape index (κ3) is 4.84. The molecule has 0 heterocycles. The number of benzene rings is 8. The van der Waals surface area contributed by atoms with Crippen molar-refractivity contribution in [1.82, 2.24) is 0 Å². The van der Waals surface area contributed by atoms with Gasteiger partial charge in [-0.25, -0.2) is 0 Å². The zero-order valence-corrected chi connectivity index (χ0v) is 29.9. The van der Waals surface area contributed by atoms with Gasteiger partial charge < -0.3 is 30.6 Å². The minimum absolute atomic E-state index is 0.0151. The Bertz CT molecular complexity index is 2840. The molecular weight excluding hydrogens is 682 g/mol. The minimum Gasteiger partial charge on any atom is -0.508 e. The molecule has 0 spiro atoms. The highest BCUT2D eigenvalue weighted by Crippen LogP contribution is 2.59. The first kappa shape index (κ1) is 34.0. The maximum atomic E-state index is 11.9. The Morgan fingerprint density at radius 2 is 0.800 bits per heavy atom. The lowest BCUT2D eigenvalue weighted by molar-refractivity contribution is 0.351. The molecule has 0 saturated carbocycles. The number of phenolic OH excluding ortho intramolecular Hbond substituents is 6. The number of rotatable bonds is 4. The van der Waals surface area contributed by atoms with E-state index in [9.17, 15) is 30.6 Å². The molecule has 8 aromatic carbocycles. The van der Waals surface area contributed by atoms with Crippen LogP contribution in [0.25, 0.3) is 77.2 Å². The number of phenols is 6. The van der Waals surface area contributed by atoms with Crippen molar-refractivity contribution < 1.29 is 30.6 Å². The van der Waals surface area contributed by atoms with Crippen LogP contribution in [0.3, 0.4) is 0 Å². The summed E-state index contributed by atoms with van der Waals surface area (Å²) >= 11 is 0. The molecule has 9 rings (SSSR count). The summed E-state index contributed by atoms with van der Waals surface area (Å²) < 4.78 is 0. The Morgan fingerprint density at radius 1 is 0.364 bits per heavy atom. The molecule has 1 aliphatic rings. The molecule has 262 valence electrons. The quantitative estimate of drug-likeness (QED) is 0.0470. The van der Waals surface area contributed by atoms with Gasteiger partial charge in [0.05, 0.1) is 0 Å². The van der Waals surface area contributed by atoms with Gasteiger partial charge in [-0.05, 0) is 67.8 Å². The molecule has 0 bridgehead atoms. The van der Waals surface area contributed by atoms with E-state index in [0.717, 1.165) is 27.8 Å². The van der Waals surface area contributed by atoms with E-state index in [2.05, 4.69) is 44.2 Å².